The molecular formula is C13H19N5O. The number of hydrogen-bond acceptors (Lipinski definition) is 4. The fraction of sp³-hybridized carbons (Fsp3) is 0.615. The second-order valence-corrected chi connectivity index (χ2v) is 4.95. The lowest BCUT2D eigenvalue weighted by atomic mass is 9.97. The number of carbonyl (C=O) groups excluding carboxylic acids is 1. The van der Waals surface area contributed by atoms with Crippen molar-refractivity contribution in [3.8, 4) is 6.07 Å². The van der Waals surface area contributed by atoms with E-state index in [-0.39, 0.29) is 5.91 Å². The molecule has 19 heavy (non-hydrogen) atoms. The van der Waals surface area contributed by atoms with E-state index in [1.54, 1.807) is 17.0 Å². The largest absolute Gasteiger partial charge is 0.349 e. The quantitative estimate of drug-likeness (QED) is 0.795. The molecule has 1 aliphatic rings. The van der Waals surface area contributed by atoms with Gasteiger partial charge in [0.15, 0.2) is 5.82 Å². The summed E-state index contributed by atoms with van der Waals surface area (Å²) in [6.45, 7) is 3.07. The van der Waals surface area contributed by atoms with Crippen molar-refractivity contribution in [2.24, 2.45) is 13.0 Å². The molecule has 0 aromatic carbocycles. The van der Waals surface area contributed by atoms with Crippen LogP contribution in [0.1, 0.15) is 23.5 Å². The third kappa shape index (κ3) is 3.55. The van der Waals surface area contributed by atoms with Crippen LogP contribution in [0, 0.1) is 17.2 Å². The standard InChI is InChI=1S/C13H19N5O/c1-17-9-5-15-12(17)13(19)16-10-11-2-6-18(7-3-11)8-4-14/h5,9,11H,2-3,6-8,10H2,1H3,(H,16,19). The first-order chi connectivity index (χ1) is 9.20. The fourth-order valence-electron chi connectivity index (χ4n) is 2.35. The van der Waals surface area contributed by atoms with E-state index >= 15 is 0 Å². The predicted molar refractivity (Wildman–Crippen MR) is 70.3 cm³/mol. The van der Waals surface area contributed by atoms with Crippen LogP contribution in [0.2, 0.25) is 0 Å². The van der Waals surface area contributed by atoms with Crippen molar-refractivity contribution in [3.05, 3.63) is 18.2 Å². The maximum absolute atomic E-state index is 11.9. The normalized spacial score (nSPS) is 17.1. The number of hydrogen-bond donors (Lipinski definition) is 1. The summed E-state index contributed by atoms with van der Waals surface area (Å²) < 4.78 is 1.71. The van der Waals surface area contributed by atoms with Crippen molar-refractivity contribution >= 4 is 5.91 Å². The highest BCUT2D eigenvalue weighted by Crippen LogP contribution is 2.15. The SMILES string of the molecule is Cn1ccnc1C(=O)NCC1CCN(CC#N)CC1. The summed E-state index contributed by atoms with van der Waals surface area (Å²) in [6.07, 6.45) is 5.44. The number of carbonyl (C=O) groups is 1. The first-order valence-electron chi connectivity index (χ1n) is 6.55. The van der Waals surface area contributed by atoms with Gasteiger partial charge in [-0.3, -0.25) is 9.69 Å². The Morgan fingerprint density at radius 3 is 2.89 bits per heavy atom. The van der Waals surface area contributed by atoms with Gasteiger partial charge in [-0.05, 0) is 31.8 Å². The molecule has 1 N–H and O–H groups in total. The van der Waals surface area contributed by atoms with Gasteiger partial charge in [-0.25, -0.2) is 4.98 Å². The molecule has 1 aromatic heterocycles. The summed E-state index contributed by atoms with van der Waals surface area (Å²) >= 11 is 0. The van der Waals surface area contributed by atoms with E-state index in [0.29, 0.717) is 24.8 Å². The zero-order chi connectivity index (χ0) is 13.7. The van der Waals surface area contributed by atoms with Gasteiger partial charge in [0.2, 0.25) is 0 Å². The van der Waals surface area contributed by atoms with E-state index in [2.05, 4.69) is 21.3 Å². The first kappa shape index (κ1) is 13.6. The zero-order valence-electron chi connectivity index (χ0n) is 11.2. The summed E-state index contributed by atoms with van der Waals surface area (Å²) in [4.78, 5) is 18.1. The van der Waals surface area contributed by atoms with Crippen LogP contribution in [0.3, 0.4) is 0 Å². The summed E-state index contributed by atoms with van der Waals surface area (Å²) in [7, 11) is 1.81. The number of piperidine rings is 1. The average molecular weight is 261 g/mol. The van der Waals surface area contributed by atoms with Crippen LogP contribution in [-0.4, -0.2) is 46.5 Å². The van der Waals surface area contributed by atoms with Crippen molar-refractivity contribution in [2.75, 3.05) is 26.2 Å². The Hall–Kier alpha value is -1.87. The highest BCUT2D eigenvalue weighted by Gasteiger charge is 2.20. The molecule has 0 unspecified atom stereocenters. The molecule has 0 saturated carbocycles. The molecule has 102 valence electrons. The average Bonchev–Trinajstić information content (AvgIpc) is 2.84. The molecule has 1 aromatic rings. The lowest BCUT2D eigenvalue weighted by Crippen LogP contribution is -2.39. The summed E-state index contributed by atoms with van der Waals surface area (Å²) in [5.41, 5.74) is 0. The molecular weight excluding hydrogens is 242 g/mol. The second kappa shape index (κ2) is 6.34. The van der Waals surface area contributed by atoms with Gasteiger partial charge in [0.1, 0.15) is 0 Å². The van der Waals surface area contributed by atoms with Gasteiger partial charge in [0.25, 0.3) is 5.91 Å². The first-order valence-corrected chi connectivity index (χ1v) is 6.55. The van der Waals surface area contributed by atoms with Gasteiger partial charge in [0.05, 0.1) is 12.6 Å². The molecule has 0 atom stereocenters. The van der Waals surface area contributed by atoms with E-state index in [9.17, 15) is 4.79 Å². The molecule has 1 fully saturated rings. The Kier molecular flexibility index (Phi) is 4.53. The lowest BCUT2D eigenvalue weighted by Gasteiger charge is -2.30. The minimum absolute atomic E-state index is 0.119. The number of likely N-dealkylation sites (tertiary alicyclic amines) is 1. The third-order valence-electron chi connectivity index (χ3n) is 3.58. The van der Waals surface area contributed by atoms with E-state index in [0.717, 1.165) is 25.9 Å². The van der Waals surface area contributed by atoms with Crippen LogP contribution < -0.4 is 5.32 Å². The number of imidazole rings is 1. The van der Waals surface area contributed by atoms with Crippen molar-refractivity contribution in [3.63, 3.8) is 0 Å². The van der Waals surface area contributed by atoms with Crippen molar-refractivity contribution < 1.29 is 4.79 Å². The van der Waals surface area contributed by atoms with Gasteiger partial charge < -0.3 is 9.88 Å². The minimum atomic E-state index is -0.119. The Morgan fingerprint density at radius 1 is 1.58 bits per heavy atom. The van der Waals surface area contributed by atoms with Gasteiger partial charge in [-0.1, -0.05) is 0 Å². The Bertz CT molecular complexity index is 468. The second-order valence-electron chi connectivity index (χ2n) is 4.95. The molecule has 0 radical (unpaired) electrons. The molecule has 6 nitrogen and oxygen atoms in total. The van der Waals surface area contributed by atoms with E-state index < -0.39 is 0 Å². The molecule has 1 amide bonds. The Morgan fingerprint density at radius 2 is 2.32 bits per heavy atom. The van der Waals surface area contributed by atoms with Gasteiger partial charge in [0, 0.05) is 26.0 Å². The molecule has 2 rings (SSSR count). The molecule has 2 heterocycles. The topological polar surface area (TPSA) is 74.0 Å². The predicted octanol–water partition coefficient (Wildman–Crippen LogP) is 0.385. The summed E-state index contributed by atoms with van der Waals surface area (Å²) in [6, 6.07) is 2.17. The van der Waals surface area contributed by atoms with E-state index in [4.69, 9.17) is 5.26 Å². The monoisotopic (exact) mass is 261 g/mol. The number of aromatic nitrogens is 2. The molecule has 1 saturated heterocycles. The minimum Gasteiger partial charge on any atom is -0.349 e. The molecule has 0 bridgehead atoms. The fourth-order valence-corrected chi connectivity index (χ4v) is 2.35. The van der Waals surface area contributed by atoms with Crippen LogP contribution in [0.25, 0.3) is 0 Å². The molecule has 0 aliphatic carbocycles. The lowest BCUT2D eigenvalue weighted by molar-refractivity contribution is 0.0924. The maximum atomic E-state index is 11.9. The van der Waals surface area contributed by atoms with Gasteiger partial charge in [-0.2, -0.15) is 5.26 Å². The van der Waals surface area contributed by atoms with Crippen LogP contribution in [0.15, 0.2) is 12.4 Å². The highest BCUT2D eigenvalue weighted by atomic mass is 16.2. The number of nitrogens with one attached hydrogen (secondary N) is 1. The zero-order valence-corrected chi connectivity index (χ0v) is 11.2. The smallest absolute Gasteiger partial charge is 0.287 e. The third-order valence-corrected chi connectivity index (χ3v) is 3.58. The molecule has 6 heteroatoms. The van der Waals surface area contributed by atoms with Crippen LogP contribution in [0.4, 0.5) is 0 Å². The van der Waals surface area contributed by atoms with E-state index in [1.165, 1.54) is 0 Å². The number of rotatable bonds is 4. The van der Waals surface area contributed by atoms with Crippen LogP contribution in [0.5, 0.6) is 0 Å². The molecule has 0 spiro atoms. The summed E-state index contributed by atoms with van der Waals surface area (Å²) in [5, 5.41) is 11.6. The van der Waals surface area contributed by atoms with Gasteiger partial charge in [-0.15, -0.1) is 0 Å². The number of nitrogens with zero attached hydrogens (tertiary/aromatic N) is 4. The van der Waals surface area contributed by atoms with E-state index in [1.807, 2.05) is 7.05 Å². The maximum Gasteiger partial charge on any atom is 0.287 e. The highest BCUT2D eigenvalue weighted by molar-refractivity contribution is 5.90. The number of amides is 1. The number of nitriles is 1. The Balaban J connectivity index is 1.74. The van der Waals surface area contributed by atoms with Crippen molar-refractivity contribution in [1.29, 1.82) is 5.26 Å². The summed E-state index contributed by atoms with van der Waals surface area (Å²) in [5.74, 6) is 0.827. The molecule has 1 aliphatic heterocycles. The number of aryl methyl sites for hydroxylation is 1. The van der Waals surface area contributed by atoms with Crippen molar-refractivity contribution in [2.45, 2.75) is 12.8 Å². The van der Waals surface area contributed by atoms with Crippen LogP contribution in [-0.2, 0) is 7.05 Å². The van der Waals surface area contributed by atoms with Gasteiger partial charge >= 0.3 is 0 Å². The van der Waals surface area contributed by atoms with Crippen molar-refractivity contribution in [1.82, 2.24) is 19.8 Å². The van der Waals surface area contributed by atoms with Crippen LogP contribution >= 0.6 is 0 Å². The Labute approximate surface area is 113 Å².